The number of benzene rings is 1. The third-order valence-electron chi connectivity index (χ3n) is 1.77. The predicted octanol–water partition coefficient (Wildman–Crippen LogP) is 2.14. The normalized spacial score (nSPS) is 9.77. The van der Waals surface area contributed by atoms with Crippen LogP contribution in [-0.2, 0) is 4.74 Å². The highest BCUT2D eigenvalue weighted by atomic mass is 35.5. The molecule has 3 nitrogen and oxygen atoms in total. The zero-order valence-corrected chi connectivity index (χ0v) is 8.05. The molecule has 13 heavy (non-hydrogen) atoms. The molecule has 0 atom stereocenters. The molecule has 0 unspecified atom stereocenters. The lowest BCUT2D eigenvalue weighted by molar-refractivity contribution is 0.0600. The Labute approximate surface area is 80.9 Å². The molecule has 70 valence electrons. The van der Waals surface area contributed by atoms with Gasteiger partial charge in [-0.1, -0.05) is 11.6 Å². The van der Waals surface area contributed by atoms with Crippen molar-refractivity contribution in [1.29, 1.82) is 0 Å². The number of carbonyl (C=O) groups excluding carboxylic acids is 1. The van der Waals surface area contributed by atoms with E-state index in [2.05, 4.69) is 4.74 Å². The Bertz CT molecular complexity index is 347. The van der Waals surface area contributed by atoms with E-state index in [4.69, 9.17) is 11.6 Å². The smallest absolute Gasteiger partial charge is 0.338 e. The van der Waals surface area contributed by atoms with Gasteiger partial charge in [0.1, 0.15) is 5.75 Å². The minimum absolute atomic E-state index is 0.0354. The number of phenolic OH excluding ortho intramolecular Hbond substituents is 1. The molecule has 0 fully saturated rings. The lowest BCUT2D eigenvalue weighted by Gasteiger charge is -2.06. The number of aromatic hydroxyl groups is 1. The van der Waals surface area contributed by atoms with E-state index >= 15 is 0 Å². The molecule has 0 saturated heterocycles. The number of rotatable bonds is 1. The summed E-state index contributed by atoms with van der Waals surface area (Å²) >= 11 is 5.73. The maximum atomic E-state index is 11.1. The van der Waals surface area contributed by atoms with Gasteiger partial charge in [-0.05, 0) is 24.6 Å². The highest BCUT2D eigenvalue weighted by Crippen LogP contribution is 2.29. The topological polar surface area (TPSA) is 46.5 Å². The average Bonchev–Trinajstić information content (AvgIpc) is 2.13. The first-order chi connectivity index (χ1) is 6.07. The largest absolute Gasteiger partial charge is 0.506 e. The minimum atomic E-state index is -0.459. The van der Waals surface area contributed by atoms with Gasteiger partial charge >= 0.3 is 5.97 Å². The Morgan fingerprint density at radius 3 is 2.69 bits per heavy atom. The molecule has 0 heterocycles. The van der Waals surface area contributed by atoms with Gasteiger partial charge in [0.15, 0.2) is 0 Å². The SMILES string of the molecule is COC(=O)c1ccc(O)c(Cl)c1C. The first-order valence-corrected chi connectivity index (χ1v) is 4.02. The molecule has 0 radical (unpaired) electrons. The summed E-state index contributed by atoms with van der Waals surface area (Å²) < 4.78 is 4.53. The zero-order chi connectivity index (χ0) is 10.0. The van der Waals surface area contributed by atoms with E-state index in [1.54, 1.807) is 6.92 Å². The van der Waals surface area contributed by atoms with E-state index in [-0.39, 0.29) is 10.8 Å². The van der Waals surface area contributed by atoms with Crippen LogP contribution in [0.4, 0.5) is 0 Å². The Hall–Kier alpha value is -1.22. The first-order valence-electron chi connectivity index (χ1n) is 3.64. The van der Waals surface area contributed by atoms with Gasteiger partial charge in [0.25, 0.3) is 0 Å². The number of phenols is 1. The van der Waals surface area contributed by atoms with Crippen LogP contribution < -0.4 is 0 Å². The Kier molecular flexibility index (Phi) is 2.78. The van der Waals surface area contributed by atoms with Crippen molar-refractivity contribution in [2.75, 3.05) is 7.11 Å². The van der Waals surface area contributed by atoms with Gasteiger partial charge in [0, 0.05) is 0 Å². The summed E-state index contributed by atoms with van der Waals surface area (Å²) in [4.78, 5) is 11.1. The Morgan fingerprint density at radius 1 is 1.54 bits per heavy atom. The zero-order valence-electron chi connectivity index (χ0n) is 7.30. The molecule has 0 saturated carbocycles. The summed E-state index contributed by atoms with van der Waals surface area (Å²) in [6.07, 6.45) is 0. The Balaban J connectivity index is 3.26. The van der Waals surface area contributed by atoms with Gasteiger partial charge in [-0.3, -0.25) is 0 Å². The van der Waals surface area contributed by atoms with Gasteiger partial charge < -0.3 is 9.84 Å². The van der Waals surface area contributed by atoms with Crippen molar-refractivity contribution < 1.29 is 14.6 Å². The molecule has 0 aromatic heterocycles. The number of methoxy groups -OCH3 is 1. The van der Waals surface area contributed by atoms with Crippen LogP contribution in [0.25, 0.3) is 0 Å². The monoisotopic (exact) mass is 200 g/mol. The minimum Gasteiger partial charge on any atom is -0.506 e. The molecule has 0 amide bonds. The fourth-order valence-corrected chi connectivity index (χ4v) is 1.17. The van der Waals surface area contributed by atoms with E-state index in [1.165, 1.54) is 19.2 Å². The highest BCUT2D eigenvalue weighted by Gasteiger charge is 2.13. The van der Waals surface area contributed by atoms with E-state index < -0.39 is 5.97 Å². The number of hydrogen-bond donors (Lipinski definition) is 1. The number of hydrogen-bond acceptors (Lipinski definition) is 3. The van der Waals surface area contributed by atoms with Crippen molar-refractivity contribution in [2.45, 2.75) is 6.92 Å². The number of carbonyl (C=O) groups is 1. The molecular formula is C9H9ClO3. The summed E-state index contributed by atoms with van der Waals surface area (Å²) in [6, 6.07) is 2.84. The van der Waals surface area contributed by atoms with Gasteiger partial charge in [-0.25, -0.2) is 4.79 Å². The third kappa shape index (κ3) is 1.75. The molecule has 1 N–H and O–H groups in total. The standard InChI is InChI=1S/C9H9ClO3/c1-5-6(9(12)13-2)3-4-7(11)8(5)10/h3-4,11H,1-2H3. The lowest BCUT2D eigenvalue weighted by Crippen LogP contribution is -2.03. The molecule has 4 heteroatoms. The molecule has 0 aliphatic rings. The predicted molar refractivity (Wildman–Crippen MR) is 49.2 cm³/mol. The maximum Gasteiger partial charge on any atom is 0.338 e. The van der Waals surface area contributed by atoms with Crippen molar-refractivity contribution in [3.05, 3.63) is 28.3 Å². The summed E-state index contributed by atoms with van der Waals surface area (Å²) in [6.45, 7) is 1.65. The molecule has 0 spiro atoms. The van der Waals surface area contributed by atoms with E-state index in [1.807, 2.05) is 0 Å². The molecule has 0 aliphatic carbocycles. The van der Waals surface area contributed by atoms with Crippen LogP contribution >= 0.6 is 11.6 Å². The number of ether oxygens (including phenoxy) is 1. The van der Waals surface area contributed by atoms with Gasteiger partial charge in [-0.15, -0.1) is 0 Å². The van der Waals surface area contributed by atoms with Gasteiger partial charge in [-0.2, -0.15) is 0 Å². The Morgan fingerprint density at radius 2 is 2.15 bits per heavy atom. The third-order valence-corrected chi connectivity index (χ3v) is 2.25. The first kappa shape index (κ1) is 9.86. The fourth-order valence-electron chi connectivity index (χ4n) is 1.00. The van der Waals surface area contributed by atoms with Crippen molar-refractivity contribution in [3.8, 4) is 5.75 Å². The average molecular weight is 201 g/mol. The summed E-state index contributed by atoms with van der Waals surface area (Å²) in [5.74, 6) is -0.494. The molecule has 0 bridgehead atoms. The maximum absolute atomic E-state index is 11.1. The molecule has 1 aromatic rings. The van der Waals surface area contributed by atoms with Crippen LogP contribution in [0.2, 0.25) is 5.02 Å². The second-order valence-corrected chi connectivity index (χ2v) is 2.94. The number of halogens is 1. The van der Waals surface area contributed by atoms with E-state index in [0.29, 0.717) is 11.1 Å². The van der Waals surface area contributed by atoms with Crippen molar-refractivity contribution >= 4 is 17.6 Å². The summed E-state index contributed by atoms with van der Waals surface area (Å²) in [5.41, 5.74) is 0.888. The van der Waals surface area contributed by atoms with Crippen molar-refractivity contribution in [3.63, 3.8) is 0 Å². The second-order valence-electron chi connectivity index (χ2n) is 2.56. The summed E-state index contributed by atoms with van der Waals surface area (Å²) in [5, 5.41) is 9.38. The number of esters is 1. The quantitative estimate of drug-likeness (QED) is 0.707. The van der Waals surface area contributed by atoms with Crippen molar-refractivity contribution in [1.82, 2.24) is 0 Å². The van der Waals surface area contributed by atoms with Crippen LogP contribution in [0.3, 0.4) is 0 Å². The lowest BCUT2D eigenvalue weighted by atomic mass is 10.1. The van der Waals surface area contributed by atoms with E-state index in [9.17, 15) is 9.90 Å². The van der Waals surface area contributed by atoms with E-state index in [0.717, 1.165) is 0 Å². The second kappa shape index (κ2) is 3.66. The van der Waals surface area contributed by atoms with Gasteiger partial charge in [0.05, 0.1) is 17.7 Å². The van der Waals surface area contributed by atoms with Gasteiger partial charge in [0.2, 0.25) is 0 Å². The summed E-state index contributed by atoms with van der Waals surface area (Å²) in [7, 11) is 1.29. The van der Waals surface area contributed by atoms with Crippen LogP contribution in [0.5, 0.6) is 5.75 Å². The highest BCUT2D eigenvalue weighted by molar-refractivity contribution is 6.33. The molecule has 1 aromatic carbocycles. The van der Waals surface area contributed by atoms with Crippen molar-refractivity contribution in [2.24, 2.45) is 0 Å². The van der Waals surface area contributed by atoms with Crippen LogP contribution in [0.15, 0.2) is 12.1 Å². The van der Waals surface area contributed by atoms with Crippen LogP contribution in [0.1, 0.15) is 15.9 Å². The van der Waals surface area contributed by atoms with Crippen LogP contribution in [-0.4, -0.2) is 18.2 Å². The molecule has 1 rings (SSSR count). The molecule has 0 aliphatic heterocycles. The molecular weight excluding hydrogens is 192 g/mol. The van der Waals surface area contributed by atoms with Crippen LogP contribution in [0, 0.1) is 6.92 Å². The fraction of sp³-hybridized carbons (Fsp3) is 0.222.